The molecule has 0 aliphatic rings. The molecule has 0 aliphatic carbocycles. The van der Waals surface area contributed by atoms with Crippen LogP contribution in [0, 0.1) is 11.3 Å². The molecule has 0 unspecified atom stereocenters. The molecule has 0 fully saturated rings. The highest BCUT2D eigenvalue weighted by atomic mass is 16.6. The molecule has 1 aromatic carbocycles. The minimum atomic E-state index is -0.718. The van der Waals surface area contributed by atoms with Gasteiger partial charge in [-0.3, -0.25) is 0 Å². The second-order valence-corrected chi connectivity index (χ2v) is 6.03. The summed E-state index contributed by atoms with van der Waals surface area (Å²) in [7, 11) is 1.51. The van der Waals surface area contributed by atoms with E-state index in [0.29, 0.717) is 17.0 Å². The van der Waals surface area contributed by atoms with Crippen molar-refractivity contribution < 1.29 is 18.7 Å². The monoisotopic (exact) mass is 377 g/mol. The van der Waals surface area contributed by atoms with E-state index < -0.39 is 12.1 Å². The van der Waals surface area contributed by atoms with Crippen LogP contribution in [-0.4, -0.2) is 35.6 Å². The Hall–Kier alpha value is -3.63. The number of benzene rings is 1. The summed E-state index contributed by atoms with van der Waals surface area (Å²) < 4.78 is 17.3. The molecule has 0 amide bonds. The van der Waals surface area contributed by atoms with Crippen LogP contribution in [0.15, 0.2) is 64.9 Å². The van der Waals surface area contributed by atoms with Crippen LogP contribution >= 0.6 is 0 Å². The highest BCUT2D eigenvalue weighted by Gasteiger charge is 2.18. The lowest BCUT2D eigenvalue weighted by atomic mass is 10.1. The third kappa shape index (κ3) is 4.37. The maximum Gasteiger partial charge on any atom is 0.349 e. The van der Waals surface area contributed by atoms with Crippen molar-refractivity contribution in [2.45, 2.75) is 13.0 Å². The van der Waals surface area contributed by atoms with Crippen molar-refractivity contribution >= 4 is 12.0 Å². The van der Waals surface area contributed by atoms with Gasteiger partial charge in [0.25, 0.3) is 0 Å². The Balaban J connectivity index is 1.99. The van der Waals surface area contributed by atoms with Crippen LogP contribution in [0.25, 0.3) is 23.2 Å². The zero-order chi connectivity index (χ0) is 19.9. The van der Waals surface area contributed by atoms with Gasteiger partial charge in [0.05, 0.1) is 18.6 Å². The van der Waals surface area contributed by atoms with Crippen LogP contribution in [0.3, 0.4) is 0 Å². The number of furan rings is 1. The normalized spacial score (nSPS) is 12.4. The molecule has 7 nitrogen and oxygen atoms in total. The van der Waals surface area contributed by atoms with Crippen LogP contribution in [0.2, 0.25) is 0 Å². The van der Waals surface area contributed by atoms with Gasteiger partial charge in [0.15, 0.2) is 5.76 Å². The molecule has 3 aromatic rings. The number of nitriles is 1. The molecular weight excluding hydrogens is 358 g/mol. The number of hydrogen-bond acceptors (Lipinski definition) is 6. The van der Waals surface area contributed by atoms with Crippen LogP contribution < -0.4 is 0 Å². The molecule has 0 radical (unpaired) electrons. The lowest BCUT2D eigenvalue weighted by Crippen LogP contribution is -2.20. The summed E-state index contributed by atoms with van der Waals surface area (Å²) in [4.78, 5) is 12.3. The summed E-state index contributed by atoms with van der Waals surface area (Å²) >= 11 is 0. The molecule has 1 atom stereocenters. The zero-order valence-corrected chi connectivity index (χ0v) is 15.5. The standard InChI is InChI=1S/C21H19N3O4/c1-15(14-26-2)28-21(25)16(12-22)11-17-13-24(18-7-4-3-5-8-18)23-20(17)19-9-6-10-27-19/h3-11,13,15H,14H2,1-2H3/b16-11+/t15-/m0/s1. The zero-order valence-electron chi connectivity index (χ0n) is 15.5. The van der Waals surface area contributed by atoms with Gasteiger partial charge in [-0.2, -0.15) is 10.4 Å². The molecule has 142 valence electrons. The fourth-order valence-corrected chi connectivity index (χ4v) is 2.62. The summed E-state index contributed by atoms with van der Waals surface area (Å²) in [5, 5.41) is 14.0. The molecule has 2 aromatic heterocycles. The first-order chi connectivity index (χ1) is 13.6. The summed E-state index contributed by atoms with van der Waals surface area (Å²) in [6, 6.07) is 14.9. The topological polar surface area (TPSA) is 90.3 Å². The largest absolute Gasteiger partial charge is 0.463 e. The third-order valence-electron chi connectivity index (χ3n) is 3.87. The van der Waals surface area contributed by atoms with Gasteiger partial charge in [0.2, 0.25) is 0 Å². The number of esters is 1. The summed E-state index contributed by atoms with van der Waals surface area (Å²) in [5.41, 5.74) is 1.78. The molecule has 0 N–H and O–H groups in total. The van der Waals surface area contributed by atoms with Crippen LogP contribution in [0.5, 0.6) is 0 Å². The quantitative estimate of drug-likeness (QED) is 0.355. The van der Waals surface area contributed by atoms with Crippen molar-refractivity contribution in [1.82, 2.24) is 9.78 Å². The van der Waals surface area contributed by atoms with E-state index in [1.165, 1.54) is 19.4 Å². The molecule has 2 heterocycles. The molecule has 0 saturated carbocycles. The number of hydrogen-bond donors (Lipinski definition) is 0. The van der Waals surface area contributed by atoms with Crippen molar-refractivity contribution in [2.75, 3.05) is 13.7 Å². The van der Waals surface area contributed by atoms with Gasteiger partial charge in [0.1, 0.15) is 23.4 Å². The number of nitrogens with zero attached hydrogens (tertiary/aromatic N) is 3. The van der Waals surface area contributed by atoms with Crippen molar-refractivity contribution in [1.29, 1.82) is 5.26 Å². The molecule has 0 saturated heterocycles. The van der Waals surface area contributed by atoms with E-state index in [0.717, 1.165) is 5.69 Å². The minimum Gasteiger partial charge on any atom is -0.463 e. The van der Waals surface area contributed by atoms with E-state index in [1.54, 1.807) is 29.9 Å². The predicted octanol–water partition coefficient (Wildman–Crippen LogP) is 3.62. The Morgan fingerprint density at radius 1 is 1.32 bits per heavy atom. The summed E-state index contributed by atoms with van der Waals surface area (Å²) in [6.07, 6.45) is 4.25. The Morgan fingerprint density at radius 3 is 2.75 bits per heavy atom. The van der Waals surface area contributed by atoms with Crippen LogP contribution in [0.4, 0.5) is 0 Å². The van der Waals surface area contributed by atoms with Crippen molar-refractivity contribution in [3.05, 3.63) is 66.1 Å². The first-order valence-corrected chi connectivity index (χ1v) is 8.63. The van der Waals surface area contributed by atoms with Gasteiger partial charge in [-0.05, 0) is 37.3 Å². The summed E-state index contributed by atoms with van der Waals surface area (Å²) in [5.74, 6) is -0.191. The number of ether oxygens (including phenoxy) is 2. The van der Waals surface area contributed by atoms with E-state index >= 15 is 0 Å². The highest BCUT2D eigenvalue weighted by molar-refractivity contribution is 5.98. The molecule has 0 aliphatic heterocycles. The van der Waals surface area contributed by atoms with E-state index in [4.69, 9.17) is 13.9 Å². The van der Waals surface area contributed by atoms with Crippen LogP contribution in [0.1, 0.15) is 12.5 Å². The second kappa shape index (κ2) is 8.84. The highest BCUT2D eigenvalue weighted by Crippen LogP contribution is 2.26. The SMILES string of the molecule is COC[C@H](C)OC(=O)/C(C#N)=C/c1cn(-c2ccccc2)nc1-c1ccco1. The Bertz CT molecular complexity index is 998. The van der Waals surface area contributed by atoms with E-state index in [9.17, 15) is 10.1 Å². The maximum absolute atomic E-state index is 12.3. The third-order valence-corrected chi connectivity index (χ3v) is 3.87. The first-order valence-electron chi connectivity index (χ1n) is 8.63. The second-order valence-electron chi connectivity index (χ2n) is 6.03. The Kier molecular flexibility index (Phi) is 6.04. The first kappa shape index (κ1) is 19.1. The van der Waals surface area contributed by atoms with E-state index in [1.807, 2.05) is 36.4 Å². The van der Waals surface area contributed by atoms with Gasteiger partial charge >= 0.3 is 5.97 Å². The minimum absolute atomic E-state index is 0.136. The fourth-order valence-electron chi connectivity index (χ4n) is 2.62. The number of carbonyl (C=O) groups is 1. The molecular formula is C21H19N3O4. The number of rotatable bonds is 7. The van der Waals surface area contributed by atoms with E-state index in [2.05, 4.69) is 5.10 Å². The van der Waals surface area contributed by atoms with E-state index in [-0.39, 0.29) is 12.2 Å². The number of para-hydroxylation sites is 1. The van der Waals surface area contributed by atoms with Crippen molar-refractivity contribution in [3.63, 3.8) is 0 Å². The lowest BCUT2D eigenvalue weighted by Gasteiger charge is -2.11. The molecule has 0 spiro atoms. The predicted molar refractivity (Wildman–Crippen MR) is 102 cm³/mol. The lowest BCUT2D eigenvalue weighted by molar-refractivity contribution is -0.145. The van der Waals surface area contributed by atoms with Crippen molar-refractivity contribution in [3.8, 4) is 23.2 Å². The smallest absolute Gasteiger partial charge is 0.349 e. The van der Waals surface area contributed by atoms with Gasteiger partial charge in [-0.25, -0.2) is 9.48 Å². The van der Waals surface area contributed by atoms with Gasteiger partial charge in [-0.15, -0.1) is 0 Å². The van der Waals surface area contributed by atoms with Gasteiger partial charge in [-0.1, -0.05) is 18.2 Å². The van der Waals surface area contributed by atoms with Crippen LogP contribution in [-0.2, 0) is 14.3 Å². The fraction of sp³-hybridized carbons (Fsp3) is 0.190. The average molecular weight is 377 g/mol. The molecule has 0 bridgehead atoms. The van der Waals surface area contributed by atoms with Gasteiger partial charge < -0.3 is 13.9 Å². The maximum atomic E-state index is 12.3. The average Bonchev–Trinajstić information content (AvgIpc) is 3.36. The Labute approximate surface area is 162 Å². The Morgan fingerprint density at radius 2 is 2.11 bits per heavy atom. The summed E-state index contributed by atoms with van der Waals surface area (Å²) in [6.45, 7) is 1.94. The van der Waals surface area contributed by atoms with Crippen molar-refractivity contribution in [2.24, 2.45) is 0 Å². The number of aromatic nitrogens is 2. The number of methoxy groups -OCH3 is 1. The van der Waals surface area contributed by atoms with Gasteiger partial charge in [0, 0.05) is 18.9 Å². The number of carbonyl (C=O) groups excluding carboxylic acids is 1. The molecule has 7 heteroatoms. The molecule has 28 heavy (non-hydrogen) atoms. The molecule has 3 rings (SSSR count).